The molecule has 0 bridgehead atoms. The van der Waals surface area contributed by atoms with Crippen LogP contribution < -0.4 is 5.32 Å². The molecule has 126 valence electrons. The largest absolute Gasteiger partial charge is 0.478 e. The zero-order valence-electron chi connectivity index (χ0n) is 14.3. The molecule has 4 heteroatoms. The Kier molecular flexibility index (Phi) is 5.74. The molecule has 1 atom stereocenters. The summed E-state index contributed by atoms with van der Waals surface area (Å²) in [5.41, 5.74) is 4.35. The fourth-order valence-corrected chi connectivity index (χ4v) is 2.85. The minimum absolute atomic E-state index is 0.0779. The highest BCUT2D eigenvalue weighted by atomic mass is 16.4. The van der Waals surface area contributed by atoms with Crippen LogP contribution in [-0.4, -0.2) is 17.0 Å². The van der Waals surface area contributed by atoms with Crippen molar-refractivity contribution in [3.8, 4) is 0 Å². The molecule has 4 nitrogen and oxygen atoms in total. The molecule has 0 aliphatic heterocycles. The molecule has 2 aromatic carbocycles. The number of carbonyl (C=O) groups excluding carboxylic acids is 1. The lowest BCUT2D eigenvalue weighted by Gasteiger charge is -2.16. The lowest BCUT2D eigenvalue weighted by atomic mass is 10.0. The van der Waals surface area contributed by atoms with E-state index in [4.69, 9.17) is 0 Å². The molecule has 0 radical (unpaired) electrons. The van der Waals surface area contributed by atoms with Gasteiger partial charge in [-0.1, -0.05) is 47.5 Å². The molecule has 0 aromatic heterocycles. The Morgan fingerprint density at radius 2 is 1.71 bits per heavy atom. The first-order chi connectivity index (χ1) is 11.4. The lowest BCUT2D eigenvalue weighted by molar-refractivity contribution is -0.121. The Labute approximate surface area is 142 Å². The predicted molar refractivity (Wildman–Crippen MR) is 94.2 cm³/mol. The summed E-state index contributed by atoms with van der Waals surface area (Å²) in [4.78, 5) is 23.4. The van der Waals surface area contributed by atoms with Gasteiger partial charge in [-0.05, 0) is 44.4 Å². The van der Waals surface area contributed by atoms with Crippen molar-refractivity contribution >= 4 is 11.9 Å². The van der Waals surface area contributed by atoms with E-state index in [0.717, 1.165) is 5.56 Å². The van der Waals surface area contributed by atoms with E-state index < -0.39 is 5.97 Å². The first-order valence-electron chi connectivity index (χ1n) is 8.05. The van der Waals surface area contributed by atoms with E-state index in [1.807, 2.05) is 20.8 Å². The zero-order valence-corrected chi connectivity index (χ0v) is 14.3. The number of carbonyl (C=O) groups is 2. The van der Waals surface area contributed by atoms with Crippen molar-refractivity contribution in [1.29, 1.82) is 0 Å². The average molecular weight is 325 g/mol. The van der Waals surface area contributed by atoms with Gasteiger partial charge < -0.3 is 10.4 Å². The molecule has 2 aromatic rings. The van der Waals surface area contributed by atoms with Crippen LogP contribution in [0, 0.1) is 13.8 Å². The van der Waals surface area contributed by atoms with Crippen LogP contribution in [-0.2, 0) is 11.2 Å². The van der Waals surface area contributed by atoms with Crippen LogP contribution in [0.3, 0.4) is 0 Å². The van der Waals surface area contributed by atoms with Gasteiger partial charge >= 0.3 is 5.97 Å². The van der Waals surface area contributed by atoms with E-state index in [0.29, 0.717) is 12.0 Å². The summed E-state index contributed by atoms with van der Waals surface area (Å²) in [6, 6.07) is 13.0. The van der Waals surface area contributed by atoms with Crippen molar-refractivity contribution in [2.75, 3.05) is 0 Å². The van der Waals surface area contributed by atoms with Gasteiger partial charge in [0.1, 0.15) is 0 Å². The zero-order chi connectivity index (χ0) is 17.7. The second-order valence-corrected chi connectivity index (χ2v) is 6.17. The normalized spacial score (nSPS) is 11.8. The molecule has 1 unspecified atom stereocenters. The quantitative estimate of drug-likeness (QED) is 0.848. The second-order valence-electron chi connectivity index (χ2n) is 6.17. The molecule has 0 saturated heterocycles. The standard InChI is InChI=1S/C20H23NO3/c1-13-10-14(2)12-17(11-13)15(3)21-19(22)9-8-16-6-4-5-7-18(16)20(23)24/h4-7,10-12,15H,8-9H2,1-3H3,(H,21,22)(H,23,24). The van der Waals surface area contributed by atoms with Crippen molar-refractivity contribution in [3.63, 3.8) is 0 Å². The van der Waals surface area contributed by atoms with Crippen molar-refractivity contribution in [2.45, 2.75) is 39.7 Å². The van der Waals surface area contributed by atoms with Gasteiger partial charge in [-0.25, -0.2) is 4.79 Å². The molecule has 1 amide bonds. The smallest absolute Gasteiger partial charge is 0.335 e. The summed E-state index contributed by atoms with van der Waals surface area (Å²) in [6.45, 7) is 6.03. The van der Waals surface area contributed by atoms with Crippen LogP contribution in [0.1, 0.15) is 52.0 Å². The molecule has 0 aliphatic rings. The van der Waals surface area contributed by atoms with Crippen molar-refractivity contribution < 1.29 is 14.7 Å². The first kappa shape index (κ1) is 17.7. The van der Waals surface area contributed by atoms with E-state index in [1.165, 1.54) is 11.1 Å². The molecule has 0 saturated carbocycles. The van der Waals surface area contributed by atoms with Crippen LogP contribution in [0.15, 0.2) is 42.5 Å². The topological polar surface area (TPSA) is 66.4 Å². The lowest BCUT2D eigenvalue weighted by Crippen LogP contribution is -2.27. The first-order valence-corrected chi connectivity index (χ1v) is 8.05. The van der Waals surface area contributed by atoms with Gasteiger partial charge in [-0.15, -0.1) is 0 Å². The SMILES string of the molecule is Cc1cc(C)cc(C(C)NC(=O)CCc2ccccc2C(=O)O)c1. The van der Waals surface area contributed by atoms with Gasteiger partial charge in [0.05, 0.1) is 11.6 Å². The third-order valence-electron chi connectivity index (χ3n) is 3.99. The van der Waals surface area contributed by atoms with E-state index in [-0.39, 0.29) is 23.9 Å². The monoisotopic (exact) mass is 325 g/mol. The summed E-state index contributed by atoms with van der Waals surface area (Å²) < 4.78 is 0. The van der Waals surface area contributed by atoms with E-state index in [2.05, 4.69) is 23.5 Å². The summed E-state index contributed by atoms with van der Waals surface area (Å²) in [5.74, 6) is -1.04. The molecular formula is C20H23NO3. The Balaban J connectivity index is 1.97. The molecular weight excluding hydrogens is 302 g/mol. The number of aromatic carboxylic acids is 1. The number of amides is 1. The number of benzene rings is 2. The van der Waals surface area contributed by atoms with Crippen LogP contribution >= 0.6 is 0 Å². The van der Waals surface area contributed by atoms with E-state index in [1.54, 1.807) is 24.3 Å². The summed E-state index contributed by atoms with van der Waals surface area (Å²) >= 11 is 0. The maximum Gasteiger partial charge on any atom is 0.335 e. The maximum absolute atomic E-state index is 12.2. The number of hydrogen-bond acceptors (Lipinski definition) is 2. The molecule has 0 spiro atoms. The molecule has 0 fully saturated rings. The fraction of sp³-hybridized carbons (Fsp3) is 0.300. The third kappa shape index (κ3) is 4.69. The number of carboxylic acids is 1. The molecule has 0 heterocycles. The van der Waals surface area contributed by atoms with Gasteiger partial charge in [0.15, 0.2) is 0 Å². The number of hydrogen-bond donors (Lipinski definition) is 2. The summed E-state index contributed by atoms with van der Waals surface area (Å²) in [6.07, 6.45) is 0.674. The Hall–Kier alpha value is -2.62. The van der Waals surface area contributed by atoms with Gasteiger partial charge in [-0.3, -0.25) is 4.79 Å². The van der Waals surface area contributed by atoms with Crippen molar-refractivity contribution in [2.24, 2.45) is 0 Å². The van der Waals surface area contributed by atoms with Crippen LogP contribution in [0.4, 0.5) is 0 Å². The average Bonchev–Trinajstić information content (AvgIpc) is 2.52. The minimum atomic E-state index is -0.963. The number of nitrogens with one attached hydrogen (secondary N) is 1. The van der Waals surface area contributed by atoms with Gasteiger partial charge in [-0.2, -0.15) is 0 Å². The van der Waals surface area contributed by atoms with E-state index >= 15 is 0 Å². The van der Waals surface area contributed by atoms with E-state index in [9.17, 15) is 14.7 Å². The molecule has 24 heavy (non-hydrogen) atoms. The predicted octanol–water partition coefficient (Wildman–Crippen LogP) is 3.81. The fourth-order valence-electron chi connectivity index (χ4n) is 2.85. The highest BCUT2D eigenvalue weighted by Gasteiger charge is 2.13. The van der Waals surface area contributed by atoms with Crippen molar-refractivity contribution in [1.82, 2.24) is 5.32 Å². The second kappa shape index (κ2) is 7.77. The number of rotatable bonds is 6. The van der Waals surface area contributed by atoms with Crippen LogP contribution in [0.25, 0.3) is 0 Å². The third-order valence-corrected chi connectivity index (χ3v) is 3.99. The minimum Gasteiger partial charge on any atom is -0.478 e. The summed E-state index contributed by atoms with van der Waals surface area (Å²) in [7, 11) is 0. The van der Waals surface area contributed by atoms with Gasteiger partial charge in [0.2, 0.25) is 5.91 Å². The van der Waals surface area contributed by atoms with Crippen LogP contribution in [0.2, 0.25) is 0 Å². The molecule has 0 aliphatic carbocycles. The van der Waals surface area contributed by atoms with Gasteiger partial charge in [0, 0.05) is 6.42 Å². The maximum atomic E-state index is 12.2. The Morgan fingerprint density at radius 1 is 1.08 bits per heavy atom. The highest BCUT2D eigenvalue weighted by molar-refractivity contribution is 5.89. The number of aryl methyl sites for hydroxylation is 3. The molecule has 2 N–H and O–H groups in total. The highest BCUT2D eigenvalue weighted by Crippen LogP contribution is 2.17. The number of carboxylic acid groups (broad SMARTS) is 1. The summed E-state index contributed by atoms with van der Waals surface area (Å²) in [5, 5.41) is 12.2. The Bertz CT molecular complexity index is 732. The van der Waals surface area contributed by atoms with Crippen molar-refractivity contribution in [3.05, 3.63) is 70.3 Å². The van der Waals surface area contributed by atoms with Crippen LogP contribution in [0.5, 0.6) is 0 Å². The Morgan fingerprint density at radius 3 is 2.33 bits per heavy atom. The molecule has 2 rings (SSSR count). The van der Waals surface area contributed by atoms with Gasteiger partial charge in [0.25, 0.3) is 0 Å².